The van der Waals surface area contributed by atoms with E-state index in [0.29, 0.717) is 6.61 Å². The van der Waals surface area contributed by atoms with Gasteiger partial charge in [-0.25, -0.2) is 9.97 Å². The fraction of sp³-hybridized carbons (Fsp3) is 0.175. The summed E-state index contributed by atoms with van der Waals surface area (Å²) in [6.45, 7) is 18.8. The number of aromatic amines is 2. The second kappa shape index (κ2) is 14.9. The molecule has 5 heterocycles. The van der Waals surface area contributed by atoms with Crippen LogP contribution in [-0.4, -0.2) is 26.5 Å². The Bertz CT molecular complexity index is 4220. The van der Waals surface area contributed by atoms with Crippen molar-refractivity contribution >= 4 is 86.7 Å². The molecule has 0 saturated heterocycles. The van der Waals surface area contributed by atoms with Crippen LogP contribution in [0.3, 0.4) is 0 Å². The summed E-state index contributed by atoms with van der Waals surface area (Å²) >= 11 is 0. The summed E-state index contributed by atoms with van der Waals surface area (Å²) in [5, 5.41) is 14.5. The molecule has 0 atom stereocenters. The second-order valence-corrected chi connectivity index (χ2v) is 19.3. The minimum atomic E-state index is 0.628. The molecular formula is C63H52N4O. The van der Waals surface area contributed by atoms with Crippen LogP contribution >= 0.6 is 0 Å². The molecule has 2 N–H and O–H groups in total. The summed E-state index contributed by atoms with van der Waals surface area (Å²) in [5.74, 6) is 0.909. The monoisotopic (exact) mass is 880 g/mol. The summed E-state index contributed by atoms with van der Waals surface area (Å²) in [6.07, 6.45) is 2.01. The van der Waals surface area contributed by atoms with Crippen LogP contribution in [0.25, 0.3) is 132 Å². The summed E-state index contributed by atoms with van der Waals surface area (Å²) < 4.78 is 6.99. The molecule has 0 saturated carbocycles. The van der Waals surface area contributed by atoms with Crippen molar-refractivity contribution in [3.8, 4) is 50.8 Å². The molecule has 0 aliphatic carbocycles. The van der Waals surface area contributed by atoms with E-state index in [4.69, 9.17) is 14.7 Å². The molecule has 0 fully saturated rings. The Labute approximate surface area is 395 Å². The molecule has 330 valence electrons. The number of fused-ring (bicyclic) bond motifs is 24. The van der Waals surface area contributed by atoms with Gasteiger partial charge >= 0.3 is 0 Å². The molecular weight excluding hydrogens is 829 g/mol. The standard InChI is InChI=1S/C63H52N4O/c1-9-10-27-68-63-46-26-18-17-25-45(46)38(8)61-53-30-51-59-36(6)43-23-14-13-21-41(43)34(4)57(59)49(65-51)28-47-55-32(2)39-19-11-12-20-40(39)33(3)56(55)48(64-47)29-50-58-35(5)42-22-15-16-24-44(42)37(7)60(58)52(66-50)31-54(67-53)62(61)63/h11-26,28-31,64,67H,9-10,27H2,1-8H3. The van der Waals surface area contributed by atoms with Crippen molar-refractivity contribution in [1.29, 1.82) is 0 Å². The minimum absolute atomic E-state index is 0.628. The van der Waals surface area contributed by atoms with Gasteiger partial charge in [-0.3, -0.25) is 0 Å². The molecule has 0 amide bonds. The number of ether oxygens (including phenoxy) is 1. The maximum atomic E-state index is 6.99. The topological polar surface area (TPSA) is 66.6 Å². The van der Waals surface area contributed by atoms with Gasteiger partial charge in [0.1, 0.15) is 5.75 Å². The zero-order valence-electron chi connectivity index (χ0n) is 40.0. The molecule has 8 bridgehead atoms. The molecule has 0 radical (unpaired) electrons. The zero-order chi connectivity index (χ0) is 46.3. The van der Waals surface area contributed by atoms with Crippen LogP contribution < -0.4 is 4.74 Å². The first-order valence-electron chi connectivity index (χ1n) is 24.2. The highest BCUT2D eigenvalue weighted by molar-refractivity contribution is 6.22. The Morgan fingerprint density at radius 3 is 0.985 bits per heavy atom. The van der Waals surface area contributed by atoms with Crippen molar-refractivity contribution in [2.45, 2.75) is 68.2 Å². The second-order valence-electron chi connectivity index (χ2n) is 19.3. The number of aromatic nitrogens is 4. The number of aryl methyl sites for hydroxylation is 7. The van der Waals surface area contributed by atoms with Crippen molar-refractivity contribution in [2.24, 2.45) is 0 Å². The van der Waals surface area contributed by atoms with Crippen LogP contribution in [0.4, 0.5) is 0 Å². The van der Waals surface area contributed by atoms with Gasteiger partial charge < -0.3 is 14.7 Å². The van der Waals surface area contributed by atoms with Gasteiger partial charge in [-0.15, -0.1) is 0 Å². The molecule has 5 heteroatoms. The van der Waals surface area contributed by atoms with Gasteiger partial charge in [-0.2, -0.15) is 0 Å². The van der Waals surface area contributed by atoms with E-state index in [1.807, 2.05) is 0 Å². The van der Waals surface area contributed by atoms with E-state index in [2.05, 4.69) is 187 Å². The number of H-pyrrole nitrogens is 2. The summed E-state index contributed by atoms with van der Waals surface area (Å²) in [4.78, 5) is 19.6. The van der Waals surface area contributed by atoms with Crippen molar-refractivity contribution in [3.63, 3.8) is 0 Å². The van der Waals surface area contributed by atoms with Crippen LogP contribution in [0.15, 0.2) is 121 Å². The fourth-order valence-corrected chi connectivity index (χ4v) is 12.4. The lowest BCUT2D eigenvalue weighted by atomic mass is 9.88. The molecule has 68 heavy (non-hydrogen) atoms. The summed E-state index contributed by atoms with van der Waals surface area (Å²) in [7, 11) is 0. The third-order valence-corrected chi connectivity index (χ3v) is 15.6. The van der Waals surface area contributed by atoms with E-state index in [0.717, 1.165) is 79.6 Å². The van der Waals surface area contributed by atoms with Gasteiger partial charge in [0.05, 0.1) is 40.3 Å². The van der Waals surface area contributed by atoms with Crippen LogP contribution in [0.5, 0.6) is 5.75 Å². The molecule has 8 aromatic carbocycles. The Hall–Kier alpha value is -7.76. The Kier molecular flexibility index (Phi) is 8.86. The highest BCUT2D eigenvalue weighted by atomic mass is 16.5. The number of nitrogens with one attached hydrogen (secondary N) is 2. The SMILES string of the molecule is CCCCOc1c2ccccc2c(C)c2c3cc4nc(cc5[nH]c(cc6nc(cc([nH]3)c12)-c1c-6c(C)c2ccccc2c1C)c1c(C)c2ccccc2c(C)c51)-c1c-4c(C)c2ccccc2c1C. The Balaban J connectivity index is 1.30. The lowest BCUT2D eigenvalue weighted by molar-refractivity contribution is 0.316. The van der Waals surface area contributed by atoms with Crippen molar-refractivity contribution in [1.82, 2.24) is 19.9 Å². The highest BCUT2D eigenvalue weighted by Crippen LogP contribution is 2.50. The van der Waals surface area contributed by atoms with Crippen LogP contribution in [0, 0.1) is 48.5 Å². The molecule has 2 aliphatic rings. The first kappa shape index (κ1) is 40.5. The molecule has 2 aliphatic heterocycles. The predicted octanol–water partition coefficient (Wildman–Crippen LogP) is 17.2. The van der Waals surface area contributed by atoms with Gasteiger partial charge in [0, 0.05) is 60.3 Å². The number of hydrogen-bond donors (Lipinski definition) is 2. The Morgan fingerprint density at radius 1 is 0.368 bits per heavy atom. The largest absolute Gasteiger partial charge is 0.492 e. The number of rotatable bonds is 4. The molecule has 5 nitrogen and oxygen atoms in total. The van der Waals surface area contributed by atoms with Crippen LogP contribution in [0.1, 0.15) is 58.7 Å². The van der Waals surface area contributed by atoms with Gasteiger partial charge in [0.15, 0.2) is 0 Å². The summed E-state index contributed by atoms with van der Waals surface area (Å²) in [5.41, 5.74) is 21.2. The van der Waals surface area contributed by atoms with E-state index in [1.165, 1.54) is 110 Å². The smallest absolute Gasteiger partial charge is 0.137 e. The third-order valence-electron chi connectivity index (χ3n) is 15.6. The van der Waals surface area contributed by atoms with E-state index >= 15 is 0 Å². The normalized spacial score (nSPS) is 12.3. The fourth-order valence-electron chi connectivity index (χ4n) is 12.4. The van der Waals surface area contributed by atoms with Crippen molar-refractivity contribution in [3.05, 3.63) is 160 Å². The van der Waals surface area contributed by atoms with Crippen LogP contribution in [-0.2, 0) is 0 Å². The number of hydrogen-bond acceptors (Lipinski definition) is 3. The van der Waals surface area contributed by atoms with Gasteiger partial charge in [0.2, 0.25) is 0 Å². The van der Waals surface area contributed by atoms with E-state index < -0.39 is 0 Å². The van der Waals surface area contributed by atoms with Crippen molar-refractivity contribution in [2.75, 3.05) is 6.61 Å². The third kappa shape index (κ3) is 5.56. The van der Waals surface area contributed by atoms with Gasteiger partial charge in [0.25, 0.3) is 0 Å². The molecule has 0 spiro atoms. The predicted molar refractivity (Wildman–Crippen MR) is 288 cm³/mol. The zero-order valence-corrected chi connectivity index (χ0v) is 40.0. The maximum Gasteiger partial charge on any atom is 0.137 e. The quantitative estimate of drug-likeness (QED) is 0.173. The lowest BCUT2D eigenvalue weighted by Gasteiger charge is -2.15. The lowest BCUT2D eigenvalue weighted by Crippen LogP contribution is -1.98. The van der Waals surface area contributed by atoms with E-state index in [9.17, 15) is 0 Å². The van der Waals surface area contributed by atoms with Crippen LogP contribution in [0.2, 0.25) is 0 Å². The van der Waals surface area contributed by atoms with Gasteiger partial charge in [-0.05, 0) is 156 Å². The number of benzene rings is 8. The first-order chi connectivity index (χ1) is 33.1. The molecule has 3 aromatic heterocycles. The summed E-state index contributed by atoms with van der Waals surface area (Å²) in [6, 6.07) is 44.5. The van der Waals surface area contributed by atoms with E-state index in [-0.39, 0.29) is 0 Å². The van der Waals surface area contributed by atoms with Gasteiger partial charge in [-0.1, -0.05) is 110 Å². The maximum absolute atomic E-state index is 6.99. The Morgan fingerprint density at radius 2 is 0.647 bits per heavy atom. The average Bonchev–Trinajstić information content (AvgIpc) is 4.11. The first-order valence-corrected chi connectivity index (χ1v) is 24.2. The molecule has 11 aromatic rings. The minimum Gasteiger partial charge on any atom is -0.492 e. The highest BCUT2D eigenvalue weighted by Gasteiger charge is 2.28. The van der Waals surface area contributed by atoms with E-state index in [1.54, 1.807) is 0 Å². The number of nitrogens with zero attached hydrogens (tertiary/aromatic N) is 2. The average molecular weight is 881 g/mol. The van der Waals surface area contributed by atoms with Crippen molar-refractivity contribution < 1.29 is 4.74 Å². The molecule has 13 rings (SSSR count). The molecule has 0 unspecified atom stereocenters. The number of unbranched alkanes of at least 4 members (excludes halogenated alkanes) is 1.